The van der Waals surface area contributed by atoms with Gasteiger partial charge in [0.25, 0.3) is 0 Å². The third-order valence-electron chi connectivity index (χ3n) is 2.41. The van der Waals surface area contributed by atoms with E-state index in [4.69, 9.17) is 32.7 Å². The molecule has 0 bridgehead atoms. The number of halogens is 5. The molecule has 0 aliphatic carbocycles. The highest BCUT2D eigenvalue weighted by molar-refractivity contribution is 6.36. The summed E-state index contributed by atoms with van der Waals surface area (Å²) < 4.78 is 48.5. The molecule has 1 aliphatic rings. The third kappa shape index (κ3) is 3.29. The second kappa shape index (κ2) is 5.25. The highest BCUT2D eigenvalue weighted by Gasteiger charge is 2.45. The van der Waals surface area contributed by atoms with E-state index in [0.717, 1.165) is 0 Å². The standard InChI is InChI=1S/C11H9Cl2F3O2/c12-7-2-1-3-8(13)9(7)10(11(14,15)16)18-5-6-4-17-6/h1-3,6,10H,4-5H2. The number of benzene rings is 1. The predicted octanol–water partition coefficient (Wildman–Crippen LogP) is 4.01. The van der Waals surface area contributed by atoms with Crippen LogP contribution in [0, 0.1) is 0 Å². The van der Waals surface area contributed by atoms with Crippen molar-refractivity contribution in [3.63, 3.8) is 0 Å². The van der Waals surface area contributed by atoms with Gasteiger partial charge in [-0.15, -0.1) is 0 Å². The second-order valence-electron chi connectivity index (χ2n) is 3.85. The van der Waals surface area contributed by atoms with Crippen LogP contribution in [0.1, 0.15) is 11.7 Å². The molecule has 100 valence electrons. The van der Waals surface area contributed by atoms with Crippen LogP contribution in [0.15, 0.2) is 18.2 Å². The SMILES string of the molecule is FC(F)(F)C(OCC1CO1)c1c(Cl)cccc1Cl. The molecule has 2 unspecified atom stereocenters. The average Bonchev–Trinajstić information content (AvgIpc) is 3.04. The first-order chi connectivity index (χ1) is 8.39. The number of hydrogen-bond donors (Lipinski definition) is 0. The maximum Gasteiger partial charge on any atom is 0.418 e. The van der Waals surface area contributed by atoms with Crippen molar-refractivity contribution in [2.75, 3.05) is 13.2 Å². The summed E-state index contributed by atoms with van der Waals surface area (Å²) in [7, 11) is 0. The third-order valence-corrected chi connectivity index (χ3v) is 3.07. The van der Waals surface area contributed by atoms with E-state index in [1.54, 1.807) is 0 Å². The van der Waals surface area contributed by atoms with Crippen molar-refractivity contribution in [1.82, 2.24) is 0 Å². The van der Waals surface area contributed by atoms with Crippen molar-refractivity contribution in [2.24, 2.45) is 0 Å². The number of hydrogen-bond acceptors (Lipinski definition) is 2. The summed E-state index contributed by atoms with van der Waals surface area (Å²) in [5, 5.41) is -0.136. The van der Waals surface area contributed by atoms with Gasteiger partial charge in [0.15, 0.2) is 6.10 Å². The smallest absolute Gasteiger partial charge is 0.371 e. The summed E-state index contributed by atoms with van der Waals surface area (Å²) in [6, 6.07) is 4.17. The molecule has 1 saturated heterocycles. The minimum Gasteiger partial charge on any atom is -0.371 e. The Labute approximate surface area is 112 Å². The van der Waals surface area contributed by atoms with E-state index in [9.17, 15) is 13.2 Å². The van der Waals surface area contributed by atoms with Crippen molar-refractivity contribution in [1.29, 1.82) is 0 Å². The Hall–Kier alpha value is -0.490. The Morgan fingerprint density at radius 2 is 1.89 bits per heavy atom. The Kier molecular flexibility index (Phi) is 4.06. The molecule has 1 aromatic rings. The fourth-order valence-electron chi connectivity index (χ4n) is 1.47. The van der Waals surface area contributed by atoms with Crippen LogP contribution >= 0.6 is 23.2 Å². The highest BCUT2D eigenvalue weighted by Crippen LogP contribution is 2.42. The van der Waals surface area contributed by atoms with Crippen LogP contribution in [0.25, 0.3) is 0 Å². The molecule has 1 aliphatic heterocycles. The molecule has 0 spiro atoms. The van der Waals surface area contributed by atoms with E-state index in [1.807, 2.05) is 0 Å². The first kappa shape index (κ1) is 13.9. The van der Waals surface area contributed by atoms with Gasteiger partial charge in [-0.3, -0.25) is 0 Å². The summed E-state index contributed by atoms with van der Waals surface area (Å²) in [5.74, 6) is 0. The van der Waals surface area contributed by atoms with Crippen molar-refractivity contribution >= 4 is 23.2 Å². The molecule has 0 amide bonds. The zero-order chi connectivity index (χ0) is 13.3. The molecule has 2 atom stereocenters. The van der Waals surface area contributed by atoms with E-state index >= 15 is 0 Å². The molecule has 1 heterocycles. The molecule has 2 nitrogen and oxygen atoms in total. The molecular weight excluding hydrogens is 292 g/mol. The Morgan fingerprint density at radius 1 is 1.33 bits per heavy atom. The van der Waals surface area contributed by atoms with Crippen LogP contribution < -0.4 is 0 Å². The van der Waals surface area contributed by atoms with Gasteiger partial charge in [0.1, 0.15) is 6.10 Å². The summed E-state index contributed by atoms with van der Waals surface area (Å²) >= 11 is 11.5. The van der Waals surface area contributed by atoms with Gasteiger partial charge in [0.2, 0.25) is 0 Å². The van der Waals surface area contributed by atoms with E-state index in [1.165, 1.54) is 18.2 Å². The van der Waals surface area contributed by atoms with Crippen LogP contribution in [0.5, 0.6) is 0 Å². The molecule has 1 aromatic carbocycles. The summed E-state index contributed by atoms with van der Waals surface area (Å²) in [5.41, 5.74) is -0.256. The summed E-state index contributed by atoms with van der Waals surface area (Å²) in [6.45, 7) is 0.284. The lowest BCUT2D eigenvalue weighted by atomic mass is 10.1. The fraction of sp³-hybridized carbons (Fsp3) is 0.455. The maximum atomic E-state index is 13.0. The molecule has 2 rings (SSSR count). The minimum atomic E-state index is -4.58. The average molecular weight is 301 g/mol. The van der Waals surface area contributed by atoms with Crippen molar-refractivity contribution in [2.45, 2.75) is 18.4 Å². The molecule has 0 aromatic heterocycles. The number of ether oxygens (including phenoxy) is 2. The Balaban J connectivity index is 2.26. The molecule has 0 saturated carbocycles. The van der Waals surface area contributed by atoms with Crippen LogP contribution in [0.2, 0.25) is 10.0 Å². The summed E-state index contributed by atoms with van der Waals surface area (Å²) in [4.78, 5) is 0. The lowest BCUT2D eigenvalue weighted by molar-refractivity contribution is -0.224. The van der Waals surface area contributed by atoms with E-state index < -0.39 is 12.3 Å². The Bertz CT molecular complexity index is 413. The van der Waals surface area contributed by atoms with Gasteiger partial charge in [0.05, 0.1) is 13.2 Å². The topological polar surface area (TPSA) is 21.8 Å². The zero-order valence-electron chi connectivity index (χ0n) is 9.01. The number of alkyl halides is 3. The van der Waals surface area contributed by atoms with Crippen LogP contribution in [-0.4, -0.2) is 25.5 Å². The predicted molar refractivity (Wildman–Crippen MR) is 61.0 cm³/mol. The van der Waals surface area contributed by atoms with Gasteiger partial charge in [0, 0.05) is 15.6 Å². The normalized spacial score (nSPS) is 20.8. The van der Waals surface area contributed by atoms with Gasteiger partial charge >= 0.3 is 6.18 Å². The zero-order valence-corrected chi connectivity index (χ0v) is 10.5. The van der Waals surface area contributed by atoms with Crippen molar-refractivity contribution < 1.29 is 22.6 Å². The minimum absolute atomic E-state index is 0.0680. The maximum absolute atomic E-state index is 13.0. The van der Waals surface area contributed by atoms with Gasteiger partial charge in [-0.2, -0.15) is 13.2 Å². The monoisotopic (exact) mass is 300 g/mol. The first-order valence-corrected chi connectivity index (χ1v) is 5.89. The number of rotatable bonds is 4. The lowest BCUT2D eigenvalue weighted by Gasteiger charge is -2.22. The number of epoxide rings is 1. The van der Waals surface area contributed by atoms with Crippen molar-refractivity contribution in [3.8, 4) is 0 Å². The van der Waals surface area contributed by atoms with Crippen molar-refractivity contribution in [3.05, 3.63) is 33.8 Å². The molecule has 0 radical (unpaired) electrons. The quantitative estimate of drug-likeness (QED) is 0.784. The van der Waals surface area contributed by atoms with E-state index in [-0.39, 0.29) is 28.3 Å². The molecular formula is C11H9Cl2F3O2. The van der Waals surface area contributed by atoms with Gasteiger partial charge < -0.3 is 9.47 Å². The largest absolute Gasteiger partial charge is 0.418 e. The van der Waals surface area contributed by atoms with E-state index in [0.29, 0.717) is 6.61 Å². The molecule has 0 N–H and O–H groups in total. The highest BCUT2D eigenvalue weighted by atomic mass is 35.5. The molecule has 7 heteroatoms. The molecule has 1 fully saturated rings. The van der Waals surface area contributed by atoms with Crippen LogP contribution in [0.4, 0.5) is 13.2 Å². The van der Waals surface area contributed by atoms with Gasteiger partial charge in [-0.25, -0.2) is 0 Å². The van der Waals surface area contributed by atoms with Gasteiger partial charge in [-0.1, -0.05) is 29.3 Å². The van der Waals surface area contributed by atoms with Crippen LogP contribution in [-0.2, 0) is 9.47 Å². The first-order valence-electron chi connectivity index (χ1n) is 5.13. The lowest BCUT2D eigenvalue weighted by Crippen LogP contribution is -2.25. The van der Waals surface area contributed by atoms with Crippen LogP contribution in [0.3, 0.4) is 0 Å². The van der Waals surface area contributed by atoms with Gasteiger partial charge in [-0.05, 0) is 12.1 Å². The second-order valence-corrected chi connectivity index (χ2v) is 4.66. The fourth-order valence-corrected chi connectivity index (χ4v) is 2.07. The Morgan fingerprint density at radius 3 is 2.33 bits per heavy atom. The van der Waals surface area contributed by atoms with E-state index in [2.05, 4.69) is 0 Å². The summed E-state index contributed by atoms with van der Waals surface area (Å²) in [6.07, 6.45) is -6.98. The molecule has 18 heavy (non-hydrogen) atoms.